The summed E-state index contributed by atoms with van der Waals surface area (Å²) in [5, 5.41) is 3.29. The molecule has 0 aliphatic carbocycles. The molecule has 2 aliphatic heterocycles. The van der Waals surface area contributed by atoms with Crippen LogP contribution < -0.4 is 5.32 Å². The molecule has 0 aromatic carbocycles. The summed E-state index contributed by atoms with van der Waals surface area (Å²) in [6.07, 6.45) is 0.900. The van der Waals surface area contributed by atoms with Gasteiger partial charge in [0.05, 0.1) is 12.5 Å². The second-order valence-electron chi connectivity index (χ2n) is 3.98. The Bertz CT molecular complexity index is 232. The fourth-order valence-corrected chi connectivity index (χ4v) is 2.47. The third-order valence-electron chi connectivity index (χ3n) is 3.25. The van der Waals surface area contributed by atoms with Crippen molar-refractivity contribution in [2.75, 3.05) is 33.8 Å². The summed E-state index contributed by atoms with van der Waals surface area (Å²) in [6.45, 7) is 2.44. The Kier molecular flexibility index (Phi) is 2.04. The minimum absolute atomic E-state index is 0.0729. The van der Waals surface area contributed by atoms with E-state index in [1.54, 1.807) is 12.0 Å². The molecule has 2 fully saturated rings. The van der Waals surface area contributed by atoms with Gasteiger partial charge in [0.1, 0.15) is 5.60 Å². The van der Waals surface area contributed by atoms with Crippen LogP contribution in [0.25, 0.3) is 0 Å². The molecule has 2 saturated heterocycles. The highest BCUT2D eigenvalue weighted by atomic mass is 16.5. The molecule has 2 aliphatic rings. The van der Waals surface area contributed by atoms with Crippen molar-refractivity contribution in [2.24, 2.45) is 5.92 Å². The summed E-state index contributed by atoms with van der Waals surface area (Å²) in [7, 11) is 3.55. The highest BCUT2D eigenvalue weighted by molar-refractivity contribution is 5.83. The Hall–Kier alpha value is -0.610. The molecule has 1 unspecified atom stereocenters. The number of nitrogens with zero attached hydrogens (tertiary/aromatic N) is 1. The van der Waals surface area contributed by atoms with Crippen molar-refractivity contribution in [1.82, 2.24) is 10.2 Å². The van der Waals surface area contributed by atoms with Crippen molar-refractivity contribution in [3.63, 3.8) is 0 Å². The number of hydrogen-bond acceptors (Lipinski definition) is 3. The first-order chi connectivity index (χ1) is 6.19. The van der Waals surface area contributed by atoms with E-state index in [1.165, 1.54) is 0 Å². The molecule has 4 heteroatoms. The SMILES string of the molecule is COC12CNCC[C@@H]1C(=O)N(C)C2. The van der Waals surface area contributed by atoms with Crippen LogP contribution in [0, 0.1) is 5.92 Å². The van der Waals surface area contributed by atoms with Crippen molar-refractivity contribution < 1.29 is 9.53 Å². The molecule has 0 aromatic rings. The molecule has 2 rings (SSSR count). The van der Waals surface area contributed by atoms with Gasteiger partial charge in [-0.25, -0.2) is 0 Å². The molecule has 2 atom stereocenters. The summed E-state index contributed by atoms with van der Waals surface area (Å²) in [6, 6.07) is 0. The number of fused-ring (bicyclic) bond motifs is 1. The van der Waals surface area contributed by atoms with Gasteiger partial charge in [0, 0.05) is 20.7 Å². The van der Waals surface area contributed by atoms with Crippen molar-refractivity contribution in [3.05, 3.63) is 0 Å². The topological polar surface area (TPSA) is 41.6 Å². The molecule has 0 bridgehead atoms. The first kappa shape index (κ1) is 8.97. The molecular formula is C9H16N2O2. The number of hydrogen-bond donors (Lipinski definition) is 1. The zero-order valence-electron chi connectivity index (χ0n) is 8.17. The van der Waals surface area contributed by atoms with Crippen LogP contribution in [0.1, 0.15) is 6.42 Å². The molecule has 0 spiro atoms. The monoisotopic (exact) mass is 184 g/mol. The average Bonchev–Trinajstić information content (AvgIpc) is 2.41. The molecule has 2 heterocycles. The molecule has 0 saturated carbocycles. The standard InChI is InChI=1S/C9H16N2O2/c1-11-6-9(13-2)5-10-4-3-7(9)8(11)12/h7,10H,3-6H2,1-2H3/t7-,9?/m1/s1. The van der Waals surface area contributed by atoms with E-state index < -0.39 is 0 Å². The van der Waals surface area contributed by atoms with Crippen LogP contribution >= 0.6 is 0 Å². The van der Waals surface area contributed by atoms with Crippen LogP contribution in [0.3, 0.4) is 0 Å². The normalized spacial score (nSPS) is 39.4. The summed E-state index contributed by atoms with van der Waals surface area (Å²) in [5.74, 6) is 0.312. The van der Waals surface area contributed by atoms with Gasteiger partial charge in [0.25, 0.3) is 0 Å². The quantitative estimate of drug-likeness (QED) is 0.594. The first-order valence-electron chi connectivity index (χ1n) is 4.70. The number of likely N-dealkylation sites (tertiary alicyclic amines) is 1. The lowest BCUT2D eigenvalue weighted by atomic mass is 9.84. The number of methoxy groups -OCH3 is 1. The van der Waals surface area contributed by atoms with Gasteiger partial charge >= 0.3 is 0 Å². The molecular weight excluding hydrogens is 168 g/mol. The smallest absolute Gasteiger partial charge is 0.228 e. The minimum Gasteiger partial charge on any atom is -0.374 e. The van der Waals surface area contributed by atoms with Crippen LogP contribution in [0.5, 0.6) is 0 Å². The second-order valence-corrected chi connectivity index (χ2v) is 3.98. The van der Waals surface area contributed by atoms with Crippen LogP contribution in [-0.2, 0) is 9.53 Å². The summed E-state index contributed by atoms with van der Waals surface area (Å²) in [5.41, 5.74) is -0.260. The lowest BCUT2D eigenvalue weighted by Crippen LogP contribution is -2.53. The molecule has 0 aromatic heterocycles. The lowest BCUT2D eigenvalue weighted by molar-refractivity contribution is -0.133. The van der Waals surface area contributed by atoms with Crippen LogP contribution in [0.4, 0.5) is 0 Å². The fourth-order valence-electron chi connectivity index (χ4n) is 2.47. The Morgan fingerprint density at radius 1 is 1.69 bits per heavy atom. The van der Waals surface area contributed by atoms with Crippen molar-refractivity contribution >= 4 is 5.91 Å². The van der Waals surface area contributed by atoms with E-state index in [0.29, 0.717) is 0 Å². The highest BCUT2D eigenvalue weighted by Gasteiger charge is 2.52. The van der Waals surface area contributed by atoms with E-state index in [9.17, 15) is 4.79 Å². The number of amides is 1. The molecule has 4 nitrogen and oxygen atoms in total. The summed E-state index contributed by atoms with van der Waals surface area (Å²) >= 11 is 0. The van der Waals surface area contributed by atoms with Crippen LogP contribution in [0.2, 0.25) is 0 Å². The number of carbonyl (C=O) groups is 1. The van der Waals surface area contributed by atoms with Gasteiger partial charge in [-0.3, -0.25) is 4.79 Å². The number of carbonyl (C=O) groups excluding carboxylic acids is 1. The van der Waals surface area contributed by atoms with Gasteiger partial charge in [0.15, 0.2) is 0 Å². The molecule has 1 amide bonds. The van der Waals surface area contributed by atoms with E-state index >= 15 is 0 Å². The van der Waals surface area contributed by atoms with Gasteiger partial charge in [-0.1, -0.05) is 0 Å². The van der Waals surface area contributed by atoms with Crippen LogP contribution in [0.15, 0.2) is 0 Å². The minimum atomic E-state index is -0.260. The summed E-state index contributed by atoms with van der Waals surface area (Å²) in [4.78, 5) is 13.5. The maximum atomic E-state index is 11.7. The van der Waals surface area contributed by atoms with Crippen molar-refractivity contribution in [3.8, 4) is 0 Å². The van der Waals surface area contributed by atoms with Crippen LogP contribution in [-0.4, -0.2) is 50.2 Å². The number of likely N-dealkylation sites (N-methyl/N-ethyl adjacent to an activating group) is 1. The Morgan fingerprint density at radius 3 is 3.08 bits per heavy atom. The molecule has 13 heavy (non-hydrogen) atoms. The van der Waals surface area contributed by atoms with Gasteiger partial charge < -0.3 is 15.0 Å². The number of nitrogens with one attached hydrogen (secondary N) is 1. The number of ether oxygens (including phenoxy) is 1. The Labute approximate surface area is 78.2 Å². The summed E-state index contributed by atoms with van der Waals surface area (Å²) < 4.78 is 5.52. The Morgan fingerprint density at radius 2 is 2.46 bits per heavy atom. The largest absolute Gasteiger partial charge is 0.374 e. The van der Waals surface area contributed by atoms with E-state index in [2.05, 4.69) is 5.32 Å². The second kappa shape index (κ2) is 2.96. The van der Waals surface area contributed by atoms with E-state index in [-0.39, 0.29) is 17.4 Å². The average molecular weight is 184 g/mol. The lowest BCUT2D eigenvalue weighted by Gasteiger charge is -2.36. The third kappa shape index (κ3) is 1.16. The van der Waals surface area contributed by atoms with Gasteiger partial charge in [-0.05, 0) is 13.0 Å². The zero-order chi connectivity index (χ0) is 9.47. The molecule has 74 valence electrons. The van der Waals surface area contributed by atoms with Crippen molar-refractivity contribution in [1.29, 1.82) is 0 Å². The van der Waals surface area contributed by atoms with Gasteiger partial charge in [-0.15, -0.1) is 0 Å². The number of piperidine rings is 1. The van der Waals surface area contributed by atoms with E-state index in [0.717, 1.165) is 26.1 Å². The fraction of sp³-hybridized carbons (Fsp3) is 0.889. The van der Waals surface area contributed by atoms with Gasteiger partial charge in [-0.2, -0.15) is 0 Å². The zero-order valence-corrected chi connectivity index (χ0v) is 8.17. The van der Waals surface area contributed by atoms with Crippen molar-refractivity contribution in [2.45, 2.75) is 12.0 Å². The maximum Gasteiger partial charge on any atom is 0.228 e. The van der Waals surface area contributed by atoms with E-state index in [1.807, 2.05) is 7.05 Å². The maximum absolute atomic E-state index is 11.7. The molecule has 0 radical (unpaired) electrons. The first-order valence-corrected chi connectivity index (χ1v) is 4.70. The van der Waals surface area contributed by atoms with E-state index in [4.69, 9.17) is 4.74 Å². The predicted octanol–water partition coefficient (Wildman–Crippen LogP) is -0.547. The van der Waals surface area contributed by atoms with Gasteiger partial charge in [0.2, 0.25) is 5.91 Å². The Balaban J connectivity index is 2.26. The molecule has 1 N–H and O–H groups in total. The third-order valence-corrected chi connectivity index (χ3v) is 3.25. The number of rotatable bonds is 1. The predicted molar refractivity (Wildman–Crippen MR) is 48.4 cm³/mol. The highest BCUT2D eigenvalue weighted by Crippen LogP contribution is 2.34.